The molecule has 1 heterocycles. The summed E-state index contributed by atoms with van der Waals surface area (Å²) >= 11 is 11.6. The molecule has 1 aromatic carbocycles. The summed E-state index contributed by atoms with van der Waals surface area (Å²) in [5.41, 5.74) is 6.68. The maximum Gasteiger partial charge on any atom is 0.263 e. The van der Waals surface area contributed by atoms with E-state index in [-0.39, 0.29) is 15.1 Å². The van der Waals surface area contributed by atoms with Gasteiger partial charge in [0, 0.05) is 5.69 Å². The molecule has 0 fully saturated rings. The van der Waals surface area contributed by atoms with Crippen molar-refractivity contribution in [3.8, 4) is 0 Å². The van der Waals surface area contributed by atoms with Gasteiger partial charge in [-0.1, -0.05) is 23.2 Å². The minimum absolute atomic E-state index is 0.0891. The lowest BCUT2D eigenvalue weighted by Crippen LogP contribution is -2.15. The van der Waals surface area contributed by atoms with Gasteiger partial charge in [-0.15, -0.1) is 0 Å². The molecule has 0 bridgehead atoms. The summed E-state index contributed by atoms with van der Waals surface area (Å²) in [6.07, 6.45) is 0. The number of benzene rings is 1. The van der Waals surface area contributed by atoms with Crippen molar-refractivity contribution in [3.05, 3.63) is 46.2 Å². The summed E-state index contributed by atoms with van der Waals surface area (Å²) in [7, 11) is -3.85. The predicted molar refractivity (Wildman–Crippen MR) is 80.7 cm³/mol. The third-order valence-electron chi connectivity index (χ3n) is 2.54. The molecule has 0 unspecified atom stereocenters. The van der Waals surface area contributed by atoms with Gasteiger partial charge in [0.05, 0.1) is 16.4 Å². The number of sulfonamides is 1. The Bertz CT molecular complexity index is 763. The highest BCUT2D eigenvalue weighted by atomic mass is 35.5. The molecule has 0 aliphatic heterocycles. The van der Waals surface area contributed by atoms with Crippen LogP contribution in [0.5, 0.6) is 0 Å². The van der Waals surface area contributed by atoms with Crippen LogP contribution in [0.2, 0.25) is 10.2 Å². The number of nitrogen functional groups attached to an aromatic ring is 1. The Morgan fingerprint density at radius 3 is 2.55 bits per heavy atom. The highest BCUT2D eigenvalue weighted by molar-refractivity contribution is 7.92. The molecular weight excluding hydrogens is 321 g/mol. The fraction of sp³-hybridized carbons (Fsp3) is 0.0833. The summed E-state index contributed by atoms with van der Waals surface area (Å²) in [6.45, 7) is 1.64. The number of pyridine rings is 1. The maximum absolute atomic E-state index is 12.3. The van der Waals surface area contributed by atoms with Crippen LogP contribution in [-0.4, -0.2) is 13.4 Å². The normalized spacial score (nSPS) is 11.3. The smallest absolute Gasteiger partial charge is 0.263 e. The molecule has 20 heavy (non-hydrogen) atoms. The molecule has 1 aromatic heterocycles. The number of halogens is 2. The summed E-state index contributed by atoms with van der Waals surface area (Å²) in [4.78, 5) is 3.88. The first-order chi connectivity index (χ1) is 9.29. The van der Waals surface area contributed by atoms with Crippen LogP contribution in [0, 0.1) is 6.92 Å². The van der Waals surface area contributed by atoms with Gasteiger partial charge in [-0.05, 0) is 37.3 Å². The summed E-state index contributed by atoms with van der Waals surface area (Å²) < 4.78 is 27.0. The number of aromatic nitrogens is 1. The van der Waals surface area contributed by atoms with E-state index in [1.165, 1.54) is 30.3 Å². The molecule has 5 nitrogen and oxygen atoms in total. The molecule has 0 aliphatic carbocycles. The van der Waals surface area contributed by atoms with Gasteiger partial charge in [-0.3, -0.25) is 4.72 Å². The lowest BCUT2D eigenvalue weighted by molar-refractivity contribution is 0.601. The van der Waals surface area contributed by atoms with Crippen molar-refractivity contribution in [2.45, 2.75) is 11.8 Å². The fourth-order valence-corrected chi connectivity index (χ4v) is 3.41. The number of hydrogen-bond acceptors (Lipinski definition) is 4. The second kappa shape index (κ2) is 5.47. The standard InChI is InChI=1S/C12H11Cl2N3O2S/c1-7-10(4-5-12(14)16-7)17-20(18,19)11-6-8(15)2-3-9(11)13/h2-6,17H,15H2,1H3. The molecule has 0 radical (unpaired) electrons. The van der Waals surface area contributed by atoms with Crippen molar-refractivity contribution >= 4 is 44.6 Å². The van der Waals surface area contributed by atoms with Gasteiger partial charge >= 0.3 is 0 Å². The lowest BCUT2D eigenvalue weighted by atomic mass is 10.3. The minimum Gasteiger partial charge on any atom is -0.399 e. The first-order valence-corrected chi connectivity index (χ1v) is 7.74. The number of anilines is 2. The Labute approximate surface area is 126 Å². The van der Waals surface area contributed by atoms with Crippen LogP contribution < -0.4 is 10.5 Å². The number of nitrogens with one attached hydrogen (secondary N) is 1. The molecule has 0 saturated heterocycles. The van der Waals surface area contributed by atoms with E-state index < -0.39 is 10.0 Å². The van der Waals surface area contributed by atoms with Crippen LogP contribution in [0.15, 0.2) is 35.2 Å². The predicted octanol–water partition coefficient (Wildman–Crippen LogP) is 3.08. The zero-order valence-electron chi connectivity index (χ0n) is 10.4. The molecule has 0 saturated carbocycles. The van der Waals surface area contributed by atoms with Gasteiger partial charge in [-0.25, -0.2) is 13.4 Å². The first-order valence-electron chi connectivity index (χ1n) is 5.50. The largest absolute Gasteiger partial charge is 0.399 e. The van der Waals surface area contributed by atoms with Crippen molar-refractivity contribution in [1.29, 1.82) is 0 Å². The highest BCUT2D eigenvalue weighted by Crippen LogP contribution is 2.26. The van der Waals surface area contributed by atoms with Gasteiger partial charge < -0.3 is 5.73 Å². The third-order valence-corrected chi connectivity index (χ3v) is 4.60. The fourth-order valence-electron chi connectivity index (χ4n) is 1.56. The van der Waals surface area contributed by atoms with Crippen LogP contribution in [0.4, 0.5) is 11.4 Å². The molecule has 2 aromatic rings. The molecule has 0 aliphatic rings. The quantitative estimate of drug-likeness (QED) is 0.668. The Morgan fingerprint density at radius 2 is 1.90 bits per heavy atom. The number of rotatable bonds is 3. The zero-order chi connectivity index (χ0) is 14.9. The zero-order valence-corrected chi connectivity index (χ0v) is 12.7. The third kappa shape index (κ3) is 3.15. The van der Waals surface area contributed by atoms with E-state index >= 15 is 0 Å². The van der Waals surface area contributed by atoms with Crippen LogP contribution in [0.1, 0.15) is 5.69 Å². The van der Waals surface area contributed by atoms with Crippen LogP contribution in [0.25, 0.3) is 0 Å². The minimum atomic E-state index is -3.85. The van der Waals surface area contributed by atoms with Crippen molar-refractivity contribution in [2.24, 2.45) is 0 Å². The lowest BCUT2D eigenvalue weighted by Gasteiger charge is -2.11. The van der Waals surface area contributed by atoms with Gasteiger partial charge in [0.15, 0.2) is 0 Å². The maximum atomic E-state index is 12.3. The molecule has 106 valence electrons. The topological polar surface area (TPSA) is 85.1 Å². The van der Waals surface area contributed by atoms with Crippen LogP contribution in [0.3, 0.4) is 0 Å². The summed E-state index contributed by atoms with van der Waals surface area (Å²) in [5.74, 6) is 0. The van der Waals surface area contributed by atoms with E-state index in [1.54, 1.807) is 6.92 Å². The van der Waals surface area contributed by atoms with E-state index in [4.69, 9.17) is 28.9 Å². The van der Waals surface area contributed by atoms with Gasteiger partial charge in [0.1, 0.15) is 10.0 Å². The van der Waals surface area contributed by atoms with Crippen molar-refractivity contribution in [1.82, 2.24) is 4.98 Å². The van der Waals surface area contributed by atoms with E-state index in [2.05, 4.69) is 9.71 Å². The monoisotopic (exact) mass is 331 g/mol. The van der Waals surface area contributed by atoms with E-state index in [9.17, 15) is 8.42 Å². The summed E-state index contributed by atoms with van der Waals surface area (Å²) in [5, 5.41) is 0.374. The molecule has 3 N–H and O–H groups in total. The molecule has 2 rings (SSSR count). The van der Waals surface area contributed by atoms with Gasteiger partial charge in [0.25, 0.3) is 10.0 Å². The average molecular weight is 332 g/mol. The van der Waals surface area contributed by atoms with Crippen LogP contribution >= 0.6 is 23.2 Å². The van der Waals surface area contributed by atoms with Gasteiger partial charge in [0.2, 0.25) is 0 Å². The van der Waals surface area contributed by atoms with Crippen molar-refractivity contribution < 1.29 is 8.42 Å². The Balaban J connectivity index is 2.43. The Morgan fingerprint density at radius 1 is 1.20 bits per heavy atom. The van der Waals surface area contributed by atoms with Crippen molar-refractivity contribution in [2.75, 3.05) is 10.5 Å². The summed E-state index contributed by atoms with van der Waals surface area (Å²) in [6, 6.07) is 7.27. The Hall–Kier alpha value is -1.50. The average Bonchev–Trinajstić information content (AvgIpc) is 2.35. The molecular formula is C12H11Cl2N3O2S. The highest BCUT2D eigenvalue weighted by Gasteiger charge is 2.19. The van der Waals surface area contributed by atoms with Crippen LogP contribution in [-0.2, 0) is 10.0 Å². The molecule has 0 spiro atoms. The second-order valence-electron chi connectivity index (χ2n) is 4.06. The molecule has 8 heteroatoms. The number of nitrogens with two attached hydrogens (primary N) is 1. The van der Waals surface area contributed by atoms with Gasteiger partial charge in [-0.2, -0.15) is 0 Å². The molecule has 0 atom stereocenters. The SMILES string of the molecule is Cc1nc(Cl)ccc1NS(=O)(=O)c1cc(N)ccc1Cl. The van der Waals surface area contributed by atoms with E-state index in [0.29, 0.717) is 17.1 Å². The Kier molecular flexibility index (Phi) is 4.08. The number of nitrogens with zero attached hydrogens (tertiary/aromatic N) is 1. The van der Waals surface area contributed by atoms with E-state index in [1.807, 2.05) is 0 Å². The molecule has 0 amide bonds. The second-order valence-corrected chi connectivity index (χ2v) is 6.51. The number of hydrogen-bond donors (Lipinski definition) is 2. The number of aryl methyl sites for hydroxylation is 1. The first kappa shape index (κ1) is 14.9. The van der Waals surface area contributed by atoms with Crippen molar-refractivity contribution in [3.63, 3.8) is 0 Å². The van der Waals surface area contributed by atoms with E-state index in [0.717, 1.165) is 0 Å².